The van der Waals surface area contributed by atoms with Crippen molar-refractivity contribution >= 4 is 5.97 Å². The first-order valence-electron chi connectivity index (χ1n) is 7.67. The Kier molecular flexibility index (Phi) is 8.31. The number of aliphatic hydroxyl groups is 1. The maximum atomic E-state index is 12.2. The fraction of sp³-hybridized carbons (Fsp3) is 0.938. The molecule has 0 radical (unpaired) electrons. The summed E-state index contributed by atoms with van der Waals surface area (Å²) in [5.74, 6) is 0.456. The quantitative estimate of drug-likeness (QED) is 0.650. The number of carbonyl (C=O) groups excluding carboxylic acids is 1. The normalized spacial score (nSPS) is 15.1. The standard InChI is InChI=1S/C16H32O3/c1-7-9-16(18,15(17)19-8-2)14(10-12(3)4)11-13(5)6/h12-14,18H,7-11H2,1-6H3. The van der Waals surface area contributed by atoms with Gasteiger partial charge < -0.3 is 9.84 Å². The molecule has 0 fully saturated rings. The van der Waals surface area contributed by atoms with E-state index in [1.807, 2.05) is 6.92 Å². The van der Waals surface area contributed by atoms with Gasteiger partial charge in [0.1, 0.15) is 0 Å². The lowest BCUT2D eigenvalue weighted by Gasteiger charge is -2.36. The van der Waals surface area contributed by atoms with Crippen molar-refractivity contribution < 1.29 is 14.6 Å². The van der Waals surface area contributed by atoms with E-state index in [9.17, 15) is 9.90 Å². The Hall–Kier alpha value is -0.570. The summed E-state index contributed by atoms with van der Waals surface area (Å²) in [7, 11) is 0. The average molecular weight is 272 g/mol. The van der Waals surface area contributed by atoms with Crippen molar-refractivity contribution in [2.24, 2.45) is 17.8 Å². The minimum Gasteiger partial charge on any atom is -0.464 e. The first kappa shape index (κ1) is 18.4. The number of esters is 1. The van der Waals surface area contributed by atoms with Gasteiger partial charge in [0.2, 0.25) is 0 Å². The molecule has 0 spiro atoms. The molecule has 0 aliphatic rings. The van der Waals surface area contributed by atoms with Crippen LogP contribution in [-0.4, -0.2) is 23.3 Å². The summed E-state index contributed by atoms with van der Waals surface area (Å²) in [4.78, 5) is 12.2. The summed E-state index contributed by atoms with van der Waals surface area (Å²) >= 11 is 0. The second-order valence-electron chi connectivity index (χ2n) is 6.35. The topological polar surface area (TPSA) is 46.5 Å². The summed E-state index contributed by atoms with van der Waals surface area (Å²) in [6.07, 6.45) is 2.97. The van der Waals surface area contributed by atoms with Gasteiger partial charge in [-0.1, -0.05) is 41.0 Å². The maximum absolute atomic E-state index is 12.2. The van der Waals surface area contributed by atoms with Crippen molar-refractivity contribution in [1.29, 1.82) is 0 Å². The van der Waals surface area contributed by atoms with Gasteiger partial charge in [-0.15, -0.1) is 0 Å². The molecule has 0 aromatic heterocycles. The van der Waals surface area contributed by atoms with Gasteiger partial charge in [-0.05, 0) is 43.9 Å². The lowest BCUT2D eigenvalue weighted by Crippen LogP contribution is -2.48. The number of carbonyl (C=O) groups is 1. The molecule has 1 atom stereocenters. The number of ether oxygens (including phenoxy) is 1. The van der Waals surface area contributed by atoms with Gasteiger partial charge in [-0.25, -0.2) is 4.79 Å². The highest BCUT2D eigenvalue weighted by atomic mass is 16.5. The van der Waals surface area contributed by atoms with E-state index in [-0.39, 0.29) is 5.92 Å². The second kappa shape index (κ2) is 8.57. The molecule has 0 saturated carbocycles. The van der Waals surface area contributed by atoms with Gasteiger partial charge in [0, 0.05) is 0 Å². The molecular formula is C16H32O3. The Morgan fingerprint density at radius 3 is 1.89 bits per heavy atom. The zero-order chi connectivity index (χ0) is 15.1. The van der Waals surface area contributed by atoms with Crippen LogP contribution in [0, 0.1) is 17.8 Å². The van der Waals surface area contributed by atoms with Crippen molar-refractivity contribution in [3.8, 4) is 0 Å². The third-order valence-electron chi connectivity index (χ3n) is 3.45. The van der Waals surface area contributed by atoms with Crippen molar-refractivity contribution in [3.63, 3.8) is 0 Å². The van der Waals surface area contributed by atoms with E-state index in [4.69, 9.17) is 4.74 Å². The number of hydrogen-bond donors (Lipinski definition) is 1. The van der Waals surface area contributed by atoms with Gasteiger partial charge in [0.15, 0.2) is 5.60 Å². The summed E-state index contributed by atoms with van der Waals surface area (Å²) in [5, 5.41) is 10.9. The lowest BCUT2D eigenvalue weighted by atomic mass is 9.75. The van der Waals surface area contributed by atoms with E-state index in [1.54, 1.807) is 6.92 Å². The van der Waals surface area contributed by atoms with Crippen LogP contribution in [0.25, 0.3) is 0 Å². The van der Waals surface area contributed by atoms with Crippen molar-refractivity contribution in [2.45, 2.75) is 72.8 Å². The molecule has 0 aliphatic heterocycles. The highest BCUT2D eigenvalue weighted by Gasteiger charge is 2.44. The average Bonchev–Trinajstić information content (AvgIpc) is 2.27. The molecule has 0 heterocycles. The molecule has 0 aromatic carbocycles. The van der Waals surface area contributed by atoms with Crippen molar-refractivity contribution in [1.82, 2.24) is 0 Å². The summed E-state index contributed by atoms with van der Waals surface area (Å²) < 4.78 is 5.11. The van der Waals surface area contributed by atoms with Gasteiger partial charge in [0.05, 0.1) is 6.61 Å². The molecule has 0 bridgehead atoms. The Morgan fingerprint density at radius 2 is 1.58 bits per heavy atom. The van der Waals surface area contributed by atoms with Crippen LogP contribution in [0.15, 0.2) is 0 Å². The first-order valence-corrected chi connectivity index (χ1v) is 7.67. The molecule has 1 N–H and O–H groups in total. The van der Waals surface area contributed by atoms with E-state index in [2.05, 4.69) is 27.7 Å². The van der Waals surface area contributed by atoms with E-state index < -0.39 is 11.6 Å². The zero-order valence-electron chi connectivity index (χ0n) is 13.5. The van der Waals surface area contributed by atoms with Crippen LogP contribution in [0.5, 0.6) is 0 Å². The molecule has 0 saturated heterocycles. The minimum atomic E-state index is -1.32. The number of hydrogen-bond acceptors (Lipinski definition) is 3. The Labute approximate surface area is 118 Å². The molecule has 0 aliphatic carbocycles. The SMILES string of the molecule is CCCC(O)(C(=O)OCC)C(CC(C)C)CC(C)C. The van der Waals surface area contributed by atoms with Gasteiger partial charge in [0.25, 0.3) is 0 Å². The van der Waals surface area contributed by atoms with Crippen molar-refractivity contribution in [3.05, 3.63) is 0 Å². The molecule has 3 nitrogen and oxygen atoms in total. The maximum Gasteiger partial charge on any atom is 0.338 e. The van der Waals surface area contributed by atoms with E-state index in [0.29, 0.717) is 24.9 Å². The molecule has 114 valence electrons. The van der Waals surface area contributed by atoms with Crippen LogP contribution in [0.1, 0.15) is 67.2 Å². The highest BCUT2D eigenvalue weighted by molar-refractivity contribution is 5.79. The Morgan fingerprint density at radius 1 is 1.11 bits per heavy atom. The predicted octanol–water partition coefficient (Wildman–Crippen LogP) is 3.79. The minimum absolute atomic E-state index is 0.0218. The predicted molar refractivity (Wildman–Crippen MR) is 78.9 cm³/mol. The second-order valence-corrected chi connectivity index (χ2v) is 6.35. The Bertz CT molecular complexity index is 251. The van der Waals surface area contributed by atoms with E-state index in [1.165, 1.54) is 0 Å². The van der Waals surface area contributed by atoms with E-state index in [0.717, 1.165) is 19.3 Å². The van der Waals surface area contributed by atoms with Gasteiger partial charge >= 0.3 is 5.97 Å². The van der Waals surface area contributed by atoms with Crippen LogP contribution in [0.2, 0.25) is 0 Å². The van der Waals surface area contributed by atoms with Crippen LogP contribution < -0.4 is 0 Å². The largest absolute Gasteiger partial charge is 0.464 e. The molecule has 3 heteroatoms. The fourth-order valence-corrected chi connectivity index (χ4v) is 2.73. The number of rotatable bonds is 9. The van der Waals surface area contributed by atoms with Crippen LogP contribution in [0.3, 0.4) is 0 Å². The summed E-state index contributed by atoms with van der Waals surface area (Å²) in [6, 6.07) is 0. The molecular weight excluding hydrogens is 240 g/mol. The zero-order valence-corrected chi connectivity index (χ0v) is 13.5. The van der Waals surface area contributed by atoms with Crippen LogP contribution >= 0.6 is 0 Å². The molecule has 0 amide bonds. The smallest absolute Gasteiger partial charge is 0.338 e. The molecule has 0 aromatic rings. The molecule has 19 heavy (non-hydrogen) atoms. The fourth-order valence-electron chi connectivity index (χ4n) is 2.73. The Balaban J connectivity index is 5.16. The first-order chi connectivity index (χ1) is 8.77. The van der Waals surface area contributed by atoms with Crippen LogP contribution in [0.4, 0.5) is 0 Å². The highest BCUT2D eigenvalue weighted by Crippen LogP contribution is 2.34. The van der Waals surface area contributed by atoms with Crippen LogP contribution in [-0.2, 0) is 9.53 Å². The summed E-state index contributed by atoms with van der Waals surface area (Å²) in [5.41, 5.74) is -1.32. The third-order valence-corrected chi connectivity index (χ3v) is 3.45. The third kappa shape index (κ3) is 5.94. The van der Waals surface area contributed by atoms with Gasteiger partial charge in [-0.3, -0.25) is 0 Å². The van der Waals surface area contributed by atoms with E-state index >= 15 is 0 Å². The van der Waals surface area contributed by atoms with Gasteiger partial charge in [-0.2, -0.15) is 0 Å². The summed E-state index contributed by atoms with van der Waals surface area (Å²) in [6.45, 7) is 12.6. The lowest BCUT2D eigenvalue weighted by molar-refractivity contribution is -0.174. The molecule has 0 rings (SSSR count). The van der Waals surface area contributed by atoms with Crippen molar-refractivity contribution in [2.75, 3.05) is 6.61 Å². The monoisotopic (exact) mass is 272 g/mol. The molecule has 1 unspecified atom stereocenters.